The summed E-state index contributed by atoms with van der Waals surface area (Å²) in [5.74, 6) is -1.10. The molecule has 0 aromatic heterocycles. The Hall–Kier alpha value is -1.42. The van der Waals surface area contributed by atoms with E-state index in [9.17, 15) is 9.18 Å². The standard InChI is InChI=1S/C11H14FNO2/c1-7(10(13)11(14)15-2)8-4-3-5-9(12)6-8/h3-7,10H,13H2,1-2H3. The maximum absolute atomic E-state index is 12.9. The number of ether oxygens (including phenoxy) is 1. The first kappa shape index (κ1) is 11.7. The number of halogens is 1. The SMILES string of the molecule is COC(=O)C(N)C(C)c1cccc(F)c1. The third kappa shape index (κ3) is 2.76. The minimum absolute atomic E-state index is 0.270. The van der Waals surface area contributed by atoms with Gasteiger partial charge in [0.15, 0.2) is 0 Å². The molecule has 0 aliphatic rings. The Kier molecular flexibility index (Phi) is 3.80. The van der Waals surface area contributed by atoms with Gasteiger partial charge in [-0.15, -0.1) is 0 Å². The van der Waals surface area contributed by atoms with Gasteiger partial charge in [-0.1, -0.05) is 19.1 Å². The molecular weight excluding hydrogens is 197 g/mol. The minimum Gasteiger partial charge on any atom is -0.468 e. The summed E-state index contributed by atoms with van der Waals surface area (Å²) in [7, 11) is 1.28. The van der Waals surface area contributed by atoms with Crippen LogP contribution in [-0.4, -0.2) is 19.1 Å². The van der Waals surface area contributed by atoms with Gasteiger partial charge in [0.2, 0.25) is 0 Å². The molecule has 2 N–H and O–H groups in total. The lowest BCUT2D eigenvalue weighted by atomic mass is 9.94. The van der Waals surface area contributed by atoms with Gasteiger partial charge in [0, 0.05) is 5.92 Å². The first-order chi connectivity index (χ1) is 7.06. The first-order valence-corrected chi connectivity index (χ1v) is 4.65. The van der Waals surface area contributed by atoms with Gasteiger partial charge >= 0.3 is 5.97 Å². The van der Waals surface area contributed by atoms with Crippen molar-refractivity contribution >= 4 is 5.97 Å². The van der Waals surface area contributed by atoms with Gasteiger partial charge in [0.05, 0.1) is 7.11 Å². The summed E-state index contributed by atoms with van der Waals surface area (Å²) in [6.45, 7) is 1.76. The zero-order valence-electron chi connectivity index (χ0n) is 8.74. The summed E-state index contributed by atoms with van der Waals surface area (Å²) < 4.78 is 17.4. The third-order valence-electron chi connectivity index (χ3n) is 2.39. The highest BCUT2D eigenvalue weighted by Crippen LogP contribution is 2.19. The molecule has 0 heterocycles. The highest BCUT2D eigenvalue weighted by Gasteiger charge is 2.22. The molecule has 2 atom stereocenters. The molecule has 1 aromatic carbocycles. The molecule has 1 rings (SSSR count). The van der Waals surface area contributed by atoms with Crippen LogP contribution in [0.5, 0.6) is 0 Å². The molecule has 82 valence electrons. The van der Waals surface area contributed by atoms with Crippen LogP contribution in [0, 0.1) is 5.82 Å². The van der Waals surface area contributed by atoms with Crippen molar-refractivity contribution in [2.75, 3.05) is 7.11 Å². The lowest BCUT2D eigenvalue weighted by molar-refractivity contribution is -0.142. The number of esters is 1. The van der Waals surface area contributed by atoms with Crippen LogP contribution in [0.4, 0.5) is 4.39 Å². The van der Waals surface area contributed by atoms with Crippen molar-refractivity contribution in [2.45, 2.75) is 18.9 Å². The van der Waals surface area contributed by atoms with Crippen molar-refractivity contribution in [1.29, 1.82) is 0 Å². The highest BCUT2D eigenvalue weighted by molar-refractivity contribution is 5.76. The topological polar surface area (TPSA) is 52.3 Å². The maximum atomic E-state index is 12.9. The fourth-order valence-corrected chi connectivity index (χ4v) is 1.34. The second-order valence-corrected chi connectivity index (χ2v) is 3.39. The number of nitrogens with two attached hydrogens (primary N) is 1. The molecule has 0 bridgehead atoms. The number of carbonyl (C=O) groups is 1. The second kappa shape index (κ2) is 4.89. The van der Waals surface area contributed by atoms with Crippen molar-refractivity contribution < 1.29 is 13.9 Å². The quantitative estimate of drug-likeness (QED) is 0.769. The summed E-state index contributed by atoms with van der Waals surface area (Å²) in [5.41, 5.74) is 6.34. The number of hydrogen-bond acceptors (Lipinski definition) is 3. The zero-order valence-corrected chi connectivity index (χ0v) is 8.74. The summed E-state index contributed by atoms with van der Waals surface area (Å²) in [4.78, 5) is 11.2. The number of rotatable bonds is 3. The molecule has 4 heteroatoms. The minimum atomic E-state index is -0.767. The monoisotopic (exact) mass is 211 g/mol. The Labute approximate surface area is 88.0 Å². The van der Waals surface area contributed by atoms with E-state index in [-0.39, 0.29) is 11.7 Å². The van der Waals surface area contributed by atoms with E-state index in [1.807, 2.05) is 0 Å². The molecule has 0 amide bonds. The average molecular weight is 211 g/mol. The van der Waals surface area contributed by atoms with Crippen molar-refractivity contribution in [2.24, 2.45) is 5.73 Å². The van der Waals surface area contributed by atoms with Gasteiger partial charge in [-0.05, 0) is 17.7 Å². The molecular formula is C11H14FNO2. The molecule has 0 saturated carbocycles. The molecule has 2 unspecified atom stereocenters. The third-order valence-corrected chi connectivity index (χ3v) is 2.39. The fourth-order valence-electron chi connectivity index (χ4n) is 1.34. The second-order valence-electron chi connectivity index (χ2n) is 3.39. The Morgan fingerprint density at radius 3 is 2.73 bits per heavy atom. The van der Waals surface area contributed by atoms with Crippen LogP contribution < -0.4 is 5.73 Å². The predicted octanol–water partition coefficient (Wildman–Crippen LogP) is 1.43. The van der Waals surface area contributed by atoms with Gasteiger partial charge < -0.3 is 10.5 Å². The van der Waals surface area contributed by atoms with Gasteiger partial charge in [0.1, 0.15) is 11.9 Å². The molecule has 0 fully saturated rings. The van der Waals surface area contributed by atoms with Crippen LogP contribution in [0.15, 0.2) is 24.3 Å². The molecule has 15 heavy (non-hydrogen) atoms. The smallest absolute Gasteiger partial charge is 0.323 e. The largest absolute Gasteiger partial charge is 0.468 e. The summed E-state index contributed by atoms with van der Waals surface area (Å²) in [6, 6.07) is 5.27. The molecule has 0 aliphatic heterocycles. The first-order valence-electron chi connectivity index (χ1n) is 4.65. The summed E-state index contributed by atoms with van der Waals surface area (Å²) in [6.07, 6.45) is 0. The molecule has 0 spiro atoms. The van der Waals surface area contributed by atoms with Crippen molar-refractivity contribution in [1.82, 2.24) is 0 Å². The van der Waals surface area contributed by atoms with E-state index in [1.165, 1.54) is 19.2 Å². The number of benzene rings is 1. The molecule has 0 radical (unpaired) electrons. The van der Waals surface area contributed by atoms with Crippen LogP contribution in [-0.2, 0) is 9.53 Å². The van der Waals surface area contributed by atoms with Gasteiger partial charge in [-0.2, -0.15) is 0 Å². The van der Waals surface area contributed by atoms with Crippen LogP contribution in [0.25, 0.3) is 0 Å². The summed E-state index contributed by atoms with van der Waals surface area (Å²) in [5, 5.41) is 0. The van der Waals surface area contributed by atoms with E-state index >= 15 is 0 Å². The zero-order chi connectivity index (χ0) is 11.4. The Morgan fingerprint density at radius 2 is 2.20 bits per heavy atom. The van der Waals surface area contributed by atoms with E-state index < -0.39 is 12.0 Å². The van der Waals surface area contributed by atoms with Crippen LogP contribution in [0.3, 0.4) is 0 Å². The molecule has 0 saturated heterocycles. The van der Waals surface area contributed by atoms with Crippen LogP contribution in [0.1, 0.15) is 18.4 Å². The normalized spacial score (nSPS) is 14.4. The molecule has 0 aliphatic carbocycles. The number of hydrogen-bond donors (Lipinski definition) is 1. The van der Waals surface area contributed by atoms with E-state index in [0.717, 1.165) is 0 Å². The van der Waals surface area contributed by atoms with Gasteiger partial charge in [0.25, 0.3) is 0 Å². The Morgan fingerprint density at radius 1 is 1.53 bits per heavy atom. The van der Waals surface area contributed by atoms with Gasteiger partial charge in [-0.25, -0.2) is 4.39 Å². The fraction of sp³-hybridized carbons (Fsp3) is 0.364. The van der Waals surface area contributed by atoms with Crippen molar-refractivity contribution in [3.8, 4) is 0 Å². The average Bonchev–Trinajstić information content (AvgIpc) is 2.26. The van der Waals surface area contributed by atoms with E-state index in [0.29, 0.717) is 5.56 Å². The van der Waals surface area contributed by atoms with E-state index in [1.54, 1.807) is 19.1 Å². The Bertz CT molecular complexity index is 354. The lowest BCUT2D eigenvalue weighted by Gasteiger charge is -2.17. The van der Waals surface area contributed by atoms with Crippen LogP contribution in [0.2, 0.25) is 0 Å². The van der Waals surface area contributed by atoms with Crippen molar-refractivity contribution in [3.05, 3.63) is 35.6 Å². The lowest BCUT2D eigenvalue weighted by Crippen LogP contribution is -2.36. The highest BCUT2D eigenvalue weighted by atomic mass is 19.1. The van der Waals surface area contributed by atoms with Gasteiger partial charge in [-0.3, -0.25) is 4.79 Å². The number of carbonyl (C=O) groups excluding carboxylic acids is 1. The number of methoxy groups -OCH3 is 1. The molecule has 1 aromatic rings. The maximum Gasteiger partial charge on any atom is 0.323 e. The predicted molar refractivity (Wildman–Crippen MR) is 54.8 cm³/mol. The summed E-state index contributed by atoms with van der Waals surface area (Å²) >= 11 is 0. The van der Waals surface area contributed by atoms with E-state index in [4.69, 9.17) is 5.73 Å². The van der Waals surface area contributed by atoms with E-state index in [2.05, 4.69) is 4.74 Å². The van der Waals surface area contributed by atoms with Crippen LogP contribution >= 0.6 is 0 Å². The Balaban J connectivity index is 2.84. The molecule has 3 nitrogen and oxygen atoms in total. The van der Waals surface area contributed by atoms with Crippen molar-refractivity contribution in [3.63, 3.8) is 0 Å².